The maximum Gasteiger partial charge on any atom is 0.338 e. The highest BCUT2D eigenvalue weighted by Crippen LogP contribution is 2.37. The third kappa shape index (κ3) is 7.73. The van der Waals surface area contributed by atoms with Crippen LogP contribution in [0, 0.1) is 0 Å². The number of hydrogen-bond donors (Lipinski definition) is 0. The van der Waals surface area contributed by atoms with Crippen molar-refractivity contribution in [3.8, 4) is 23.0 Å². The minimum absolute atomic E-state index is 0.158. The molecule has 3 aromatic carbocycles. The number of aromatic nitrogens is 1. The van der Waals surface area contributed by atoms with Gasteiger partial charge >= 0.3 is 11.9 Å². The number of carbonyl (C=O) groups is 2. The van der Waals surface area contributed by atoms with Crippen LogP contribution in [0.25, 0.3) is 6.08 Å². The Morgan fingerprint density at radius 1 is 0.898 bits per heavy atom. The van der Waals surface area contributed by atoms with E-state index in [1.807, 2.05) is 19.9 Å². The SMILES string of the molecule is CCOC(=O)c1ccc(COc2c(/C=c3/sc4n(c3=O)[C@H](c3ccc(OCC)c(OCC)c3)C(C(=O)OC)=CN=4)cc(Br)cc2OC)cc1. The van der Waals surface area contributed by atoms with Crippen LogP contribution in [-0.2, 0) is 20.9 Å². The van der Waals surface area contributed by atoms with Gasteiger partial charge < -0.3 is 28.4 Å². The summed E-state index contributed by atoms with van der Waals surface area (Å²) in [6.07, 6.45) is 3.14. The van der Waals surface area contributed by atoms with Crippen molar-refractivity contribution in [3.05, 3.63) is 113 Å². The van der Waals surface area contributed by atoms with E-state index in [0.29, 0.717) is 66.7 Å². The van der Waals surface area contributed by atoms with Crippen molar-refractivity contribution in [1.82, 2.24) is 4.57 Å². The lowest BCUT2D eigenvalue weighted by Gasteiger charge is -2.23. The minimum Gasteiger partial charge on any atom is -0.493 e. The molecule has 5 rings (SSSR count). The van der Waals surface area contributed by atoms with Gasteiger partial charge in [0.15, 0.2) is 27.8 Å². The summed E-state index contributed by atoms with van der Waals surface area (Å²) in [7, 11) is 2.81. The van der Waals surface area contributed by atoms with Crippen LogP contribution >= 0.6 is 27.3 Å². The first kappa shape index (κ1) is 35.4. The Labute approximate surface area is 295 Å². The smallest absolute Gasteiger partial charge is 0.338 e. The Hall–Kier alpha value is -4.88. The van der Waals surface area contributed by atoms with Crippen LogP contribution in [0.1, 0.15) is 53.9 Å². The summed E-state index contributed by atoms with van der Waals surface area (Å²) < 4.78 is 36.2. The van der Waals surface area contributed by atoms with Gasteiger partial charge in [-0.2, -0.15) is 0 Å². The van der Waals surface area contributed by atoms with E-state index >= 15 is 0 Å². The number of hydrogen-bond acceptors (Lipinski definition) is 11. The van der Waals surface area contributed by atoms with Crippen molar-refractivity contribution in [2.75, 3.05) is 34.0 Å². The number of nitrogens with zero attached hydrogens (tertiary/aromatic N) is 2. The number of esters is 2. The van der Waals surface area contributed by atoms with Crippen molar-refractivity contribution >= 4 is 45.3 Å². The molecular formula is C36H35BrN2O9S. The zero-order valence-electron chi connectivity index (χ0n) is 27.6. The molecule has 2 heterocycles. The van der Waals surface area contributed by atoms with E-state index in [2.05, 4.69) is 20.9 Å². The van der Waals surface area contributed by atoms with E-state index < -0.39 is 18.0 Å². The predicted molar refractivity (Wildman–Crippen MR) is 187 cm³/mol. The molecule has 0 amide bonds. The van der Waals surface area contributed by atoms with E-state index in [0.717, 1.165) is 5.56 Å². The highest BCUT2D eigenvalue weighted by molar-refractivity contribution is 9.10. The molecule has 0 spiro atoms. The number of halogens is 1. The Morgan fingerprint density at radius 3 is 2.31 bits per heavy atom. The topological polar surface area (TPSA) is 124 Å². The Kier molecular flexibility index (Phi) is 11.6. The fraction of sp³-hybridized carbons (Fsp3) is 0.278. The summed E-state index contributed by atoms with van der Waals surface area (Å²) in [5.41, 5.74) is 2.26. The van der Waals surface area contributed by atoms with E-state index in [9.17, 15) is 14.4 Å². The monoisotopic (exact) mass is 750 g/mol. The first-order valence-corrected chi connectivity index (χ1v) is 17.1. The normalized spacial score (nSPS) is 13.9. The number of thiazole rings is 1. The summed E-state index contributed by atoms with van der Waals surface area (Å²) in [4.78, 5) is 44.2. The molecule has 11 nitrogen and oxygen atoms in total. The first-order chi connectivity index (χ1) is 23.7. The van der Waals surface area contributed by atoms with Gasteiger partial charge in [0.05, 0.1) is 55.8 Å². The predicted octanol–water partition coefficient (Wildman–Crippen LogP) is 5.34. The van der Waals surface area contributed by atoms with E-state index in [1.54, 1.807) is 61.5 Å². The molecule has 0 unspecified atom stereocenters. The van der Waals surface area contributed by atoms with Crippen LogP contribution in [0.2, 0.25) is 0 Å². The average molecular weight is 752 g/mol. The lowest BCUT2D eigenvalue weighted by atomic mass is 9.97. The molecule has 0 bridgehead atoms. The van der Waals surface area contributed by atoms with Gasteiger partial charge in [0.2, 0.25) is 0 Å². The van der Waals surface area contributed by atoms with Gasteiger partial charge in [-0.15, -0.1) is 0 Å². The lowest BCUT2D eigenvalue weighted by molar-refractivity contribution is -0.136. The van der Waals surface area contributed by atoms with Crippen molar-refractivity contribution < 1.29 is 38.0 Å². The summed E-state index contributed by atoms with van der Waals surface area (Å²) in [6.45, 7) is 6.78. The molecule has 1 aromatic heterocycles. The number of ether oxygens (including phenoxy) is 6. The molecule has 1 aliphatic heterocycles. The maximum absolute atomic E-state index is 14.2. The second kappa shape index (κ2) is 16.0. The molecule has 4 aromatic rings. The second-order valence-electron chi connectivity index (χ2n) is 10.5. The Bertz CT molecular complexity index is 2070. The zero-order chi connectivity index (χ0) is 35.1. The standard InChI is InChI=1S/C36H35BrN2O9S/c1-6-45-27-14-13-23(16-28(27)46-7-2)31-26(35(42)44-5)19-38-36-39(31)33(40)30(49-36)17-24-15-25(37)18-29(43-4)32(24)48-20-21-9-11-22(12-10-21)34(41)47-8-3/h9-19,31H,6-8,20H2,1-5H3/b30-17+/t31-/m1/s1. The maximum atomic E-state index is 14.2. The highest BCUT2D eigenvalue weighted by atomic mass is 79.9. The molecule has 49 heavy (non-hydrogen) atoms. The third-order valence-electron chi connectivity index (χ3n) is 7.41. The van der Waals surface area contributed by atoms with Gasteiger partial charge in [-0.3, -0.25) is 9.36 Å². The average Bonchev–Trinajstić information content (AvgIpc) is 3.42. The number of carbonyl (C=O) groups excluding carboxylic acids is 2. The quantitative estimate of drug-likeness (QED) is 0.167. The minimum atomic E-state index is -0.842. The molecule has 0 radical (unpaired) electrons. The van der Waals surface area contributed by atoms with Gasteiger partial charge in [0, 0.05) is 16.2 Å². The number of fused-ring (bicyclic) bond motifs is 1. The van der Waals surface area contributed by atoms with E-state index in [1.165, 1.54) is 36.3 Å². The van der Waals surface area contributed by atoms with Crippen molar-refractivity contribution in [2.45, 2.75) is 33.4 Å². The molecule has 13 heteroatoms. The first-order valence-electron chi connectivity index (χ1n) is 15.5. The van der Waals surface area contributed by atoms with E-state index in [-0.39, 0.29) is 24.3 Å². The van der Waals surface area contributed by atoms with Gasteiger partial charge in [-0.05, 0) is 74.4 Å². The Morgan fingerprint density at radius 2 is 1.63 bits per heavy atom. The van der Waals surface area contributed by atoms with Crippen molar-refractivity contribution in [3.63, 3.8) is 0 Å². The molecule has 1 aliphatic rings. The summed E-state index contributed by atoms with van der Waals surface area (Å²) in [5.74, 6) is 0.883. The van der Waals surface area contributed by atoms with Crippen molar-refractivity contribution in [2.24, 2.45) is 4.99 Å². The van der Waals surface area contributed by atoms with Crippen LogP contribution in [-0.4, -0.2) is 50.5 Å². The number of rotatable bonds is 13. The van der Waals surface area contributed by atoms with Crippen LogP contribution in [0.3, 0.4) is 0 Å². The third-order valence-corrected chi connectivity index (χ3v) is 8.87. The largest absolute Gasteiger partial charge is 0.493 e. The highest BCUT2D eigenvalue weighted by Gasteiger charge is 2.31. The molecule has 0 fully saturated rings. The van der Waals surface area contributed by atoms with Crippen LogP contribution in [0.5, 0.6) is 23.0 Å². The van der Waals surface area contributed by atoms with Crippen LogP contribution in [0.15, 0.2) is 80.6 Å². The van der Waals surface area contributed by atoms with Gasteiger partial charge in [-0.25, -0.2) is 14.6 Å². The molecule has 0 N–H and O–H groups in total. The molecule has 0 saturated carbocycles. The van der Waals surface area contributed by atoms with E-state index in [4.69, 9.17) is 28.4 Å². The van der Waals surface area contributed by atoms with Gasteiger partial charge in [0.1, 0.15) is 6.61 Å². The van der Waals surface area contributed by atoms with Crippen LogP contribution in [0.4, 0.5) is 0 Å². The van der Waals surface area contributed by atoms with Gasteiger partial charge in [-0.1, -0.05) is 45.5 Å². The van der Waals surface area contributed by atoms with Crippen LogP contribution < -0.4 is 33.8 Å². The summed E-state index contributed by atoms with van der Waals surface area (Å²) in [5, 5.41) is 0. The molecule has 0 saturated heterocycles. The lowest BCUT2D eigenvalue weighted by Crippen LogP contribution is -2.39. The molecule has 256 valence electrons. The van der Waals surface area contributed by atoms with Crippen molar-refractivity contribution in [1.29, 1.82) is 0 Å². The molecule has 0 aliphatic carbocycles. The summed E-state index contributed by atoms with van der Waals surface area (Å²) in [6, 6.07) is 15.0. The molecule has 1 atom stereocenters. The fourth-order valence-electron chi connectivity index (χ4n) is 5.24. The fourth-order valence-corrected chi connectivity index (χ4v) is 6.65. The number of benzene rings is 3. The molecular weight excluding hydrogens is 716 g/mol. The second-order valence-corrected chi connectivity index (χ2v) is 12.4. The Balaban J connectivity index is 1.58. The summed E-state index contributed by atoms with van der Waals surface area (Å²) >= 11 is 4.71. The number of methoxy groups -OCH3 is 2. The zero-order valence-corrected chi connectivity index (χ0v) is 30.0. The van der Waals surface area contributed by atoms with Gasteiger partial charge in [0.25, 0.3) is 5.56 Å².